The highest BCUT2D eigenvalue weighted by atomic mass is 16.5. The molecule has 3 heteroatoms. The molecule has 2 fully saturated rings. The van der Waals surface area contributed by atoms with Gasteiger partial charge in [0.1, 0.15) is 5.60 Å². The Morgan fingerprint density at radius 1 is 1.14 bits per heavy atom. The van der Waals surface area contributed by atoms with Gasteiger partial charge in [-0.1, -0.05) is 0 Å². The van der Waals surface area contributed by atoms with E-state index >= 15 is 0 Å². The lowest BCUT2D eigenvalue weighted by Crippen LogP contribution is -2.70. The van der Waals surface area contributed by atoms with Crippen LogP contribution < -0.4 is 0 Å². The van der Waals surface area contributed by atoms with Crippen LogP contribution in [-0.2, 0) is 4.74 Å². The first-order chi connectivity index (χ1) is 6.41. The van der Waals surface area contributed by atoms with Gasteiger partial charge in [-0.2, -0.15) is 0 Å². The van der Waals surface area contributed by atoms with Gasteiger partial charge in [-0.25, -0.2) is 0 Å². The van der Waals surface area contributed by atoms with E-state index in [1.165, 1.54) is 0 Å². The molecule has 14 heavy (non-hydrogen) atoms. The van der Waals surface area contributed by atoms with E-state index in [1.807, 2.05) is 0 Å². The summed E-state index contributed by atoms with van der Waals surface area (Å²) < 4.78 is 5.91. The van der Waals surface area contributed by atoms with Crippen molar-refractivity contribution in [3.05, 3.63) is 0 Å². The van der Waals surface area contributed by atoms with Crippen LogP contribution in [0.5, 0.6) is 0 Å². The van der Waals surface area contributed by atoms with Crippen LogP contribution in [0.2, 0.25) is 0 Å². The number of hydrogen-bond donors (Lipinski definition) is 0. The molecule has 0 aromatic carbocycles. The maximum absolute atomic E-state index is 5.91. The minimum Gasteiger partial charge on any atom is -0.370 e. The summed E-state index contributed by atoms with van der Waals surface area (Å²) >= 11 is 0. The van der Waals surface area contributed by atoms with E-state index in [2.05, 4.69) is 37.6 Å². The van der Waals surface area contributed by atoms with Crippen molar-refractivity contribution in [2.45, 2.75) is 31.9 Å². The molecule has 0 amide bonds. The Morgan fingerprint density at radius 2 is 1.79 bits per heavy atom. The molecule has 1 spiro atoms. The second kappa shape index (κ2) is 3.19. The van der Waals surface area contributed by atoms with E-state index in [0.717, 1.165) is 32.8 Å². The van der Waals surface area contributed by atoms with E-state index in [4.69, 9.17) is 4.74 Å². The number of likely N-dealkylation sites (N-methyl/N-ethyl adjacent to an activating group) is 1. The maximum atomic E-state index is 5.91. The third-order valence-corrected chi connectivity index (χ3v) is 3.31. The smallest absolute Gasteiger partial charge is 0.106 e. The molecule has 2 saturated heterocycles. The van der Waals surface area contributed by atoms with Crippen molar-refractivity contribution in [2.75, 3.05) is 39.8 Å². The van der Waals surface area contributed by atoms with Gasteiger partial charge in [-0.05, 0) is 27.8 Å². The average Bonchev–Trinajstić information content (AvgIpc) is 2.00. The number of nitrogens with zero attached hydrogens (tertiary/aromatic N) is 2. The molecule has 3 nitrogen and oxygen atoms in total. The van der Waals surface area contributed by atoms with Crippen LogP contribution in [0.25, 0.3) is 0 Å². The van der Waals surface area contributed by atoms with Crippen LogP contribution in [0.3, 0.4) is 0 Å². The van der Waals surface area contributed by atoms with E-state index in [0.29, 0.717) is 0 Å². The number of likely N-dealkylation sites (tertiary alicyclic amines) is 1. The Kier molecular flexibility index (Phi) is 2.37. The van der Waals surface area contributed by atoms with E-state index in [9.17, 15) is 0 Å². The first kappa shape index (κ1) is 10.4. The summed E-state index contributed by atoms with van der Waals surface area (Å²) in [5.74, 6) is 0. The number of hydrogen-bond acceptors (Lipinski definition) is 3. The largest absolute Gasteiger partial charge is 0.370 e. The Balaban J connectivity index is 1.98. The van der Waals surface area contributed by atoms with Crippen molar-refractivity contribution in [3.8, 4) is 0 Å². The summed E-state index contributed by atoms with van der Waals surface area (Å²) in [6.07, 6.45) is 0. The van der Waals surface area contributed by atoms with Gasteiger partial charge in [-0.3, -0.25) is 4.90 Å². The van der Waals surface area contributed by atoms with Crippen LogP contribution in [0.4, 0.5) is 0 Å². The quantitative estimate of drug-likeness (QED) is 0.572. The summed E-state index contributed by atoms with van der Waals surface area (Å²) in [6.45, 7) is 12.1. The number of morpholine rings is 1. The van der Waals surface area contributed by atoms with Crippen LogP contribution in [-0.4, -0.2) is 60.8 Å². The lowest BCUT2D eigenvalue weighted by molar-refractivity contribution is -0.189. The van der Waals surface area contributed by atoms with Crippen LogP contribution >= 0.6 is 0 Å². The van der Waals surface area contributed by atoms with Crippen molar-refractivity contribution in [3.63, 3.8) is 0 Å². The van der Waals surface area contributed by atoms with Gasteiger partial charge in [0.05, 0.1) is 6.61 Å². The Hall–Kier alpha value is -0.120. The Labute approximate surface area is 87.0 Å². The molecule has 0 aromatic rings. The van der Waals surface area contributed by atoms with Gasteiger partial charge < -0.3 is 9.64 Å². The van der Waals surface area contributed by atoms with Gasteiger partial charge in [0, 0.05) is 31.7 Å². The average molecular weight is 198 g/mol. The summed E-state index contributed by atoms with van der Waals surface area (Å²) in [6, 6.07) is 0. The topological polar surface area (TPSA) is 15.7 Å². The van der Waals surface area contributed by atoms with Crippen molar-refractivity contribution < 1.29 is 4.74 Å². The normalized spacial score (nSPS) is 29.1. The Morgan fingerprint density at radius 3 is 2.29 bits per heavy atom. The molecule has 0 bridgehead atoms. The zero-order valence-corrected chi connectivity index (χ0v) is 9.84. The molecule has 0 saturated carbocycles. The number of ether oxygens (including phenoxy) is 1. The molecule has 2 aliphatic rings. The lowest BCUT2D eigenvalue weighted by atomic mass is 9.90. The van der Waals surface area contributed by atoms with Crippen molar-refractivity contribution >= 4 is 0 Å². The second-order valence-corrected chi connectivity index (χ2v) is 5.80. The van der Waals surface area contributed by atoms with Crippen LogP contribution in [0, 0.1) is 0 Å². The van der Waals surface area contributed by atoms with Gasteiger partial charge in [0.15, 0.2) is 0 Å². The molecule has 0 radical (unpaired) electrons. The zero-order valence-electron chi connectivity index (χ0n) is 9.84. The summed E-state index contributed by atoms with van der Waals surface area (Å²) in [4.78, 5) is 4.87. The molecular weight excluding hydrogens is 176 g/mol. The molecule has 0 unspecified atom stereocenters. The van der Waals surface area contributed by atoms with Gasteiger partial charge >= 0.3 is 0 Å². The standard InChI is InChI=1S/C11H22N2O/c1-10(2,3)13-5-6-14-11(9-13)7-12(4)8-11/h5-9H2,1-4H3. The highest BCUT2D eigenvalue weighted by Crippen LogP contribution is 2.30. The van der Waals surface area contributed by atoms with E-state index in [-0.39, 0.29) is 11.1 Å². The van der Waals surface area contributed by atoms with Crippen molar-refractivity contribution in [2.24, 2.45) is 0 Å². The molecule has 0 atom stereocenters. The van der Waals surface area contributed by atoms with Crippen molar-refractivity contribution in [1.29, 1.82) is 0 Å². The summed E-state index contributed by atoms with van der Waals surface area (Å²) in [5, 5.41) is 0. The molecular formula is C11H22N2O. The predicted molar refractivity (Wildman–Crippen MR) is 57.5 cm³/mol. The van der Waals surface area contributed by atoms with Gasteiger partial charge in [0.2, 0.25) is 0 Å². The fourth-order valence-corrected chi connectivity index (χ4v) is 2.55. The highest BCUT2D eigenvalue weighted by Gasteiger charge is 2.47. The molecule has 0 aliphatic carbocycles. The SMILES string of the molecule is CN1CC2(C1)CN(C(C)(C)C)CCO2. The maximum Gasteiger partial charge on any atom is 0.106 e. The van der Waals surface area contributed by atoms with Crippen molar-refractivity contribution in [1.82, 2.24) is 9.80 Å². The third-order valence-electron chi connectivity index (χ3n) is 3.31. The molecule has 0 N–H and O–H groups in total. The second-order valence-electron chi connectivity index (χ2n) is 5.80. The highest BCUT2D eigenvalue weighted by molar-refractivity contribution is 5.01. The van der Waals surface area contributed by atoms with Crippen LogP contribution in [0.15, 0.2) is 0 Å². The zero-order chi connectivity index (χ0) is 10.4. The monoisotopic (exact) mass is 198 g/mol. The fourth-order valence-electron chi connectivity index (χ4n) is 2.55. The summed E-state index contributed by atoms with van der Waals surface area (Å²) in [7, 11) is 2.16. The van der Waals surface area contributed by atoms with E-state index < -0.39 is 0 Å². The van der Waals surface area contributed by atoms with E-state index in [1.54, 1.807) is 0 Å². The molecule has 2 aliphatic heterocycles. The molecule has 82 valence electrons. The van der Waals surface area contributed by atoms with Gasteiger partial charge in [0.25, 0.3) is 0 Å². The third kappa shape index (κ3) is 1.81. The molecule has 2 rings (SSSR count). The summed E-state index contributed by atoms with van der Waals surface area (Å²) in [5.41, 5.74) is 0.436. The first-order valence-corrected chi connectivity index (χ1v) is 5.49. The first-order valence-electron chi connectivity index (χ1n) is 5.49. The minimum atomic E-state index is 0.153. The lowest BCUT2D eigenvalue weighted by Gasteiger charge is -2.55. The van der Waals surface area contributed by atoms with Crippen LogP contribution in [0.1, 0.15) is 20.8 Å². The Bertz CT molecular complexity index is 210. The number of rotatable bonds is 0. The fraction of sp³-hybridized carbons (Fsp3) is 1.00. The van der Waals surface area contributed by atoms with Gasteiger partial charge in [-0.15, -0.1) is 0 Å². The predicted octanol–water partition coefficient (Wildman–Crippen LogP) is 0.801. The minimum absolute atomic E-state index is 0.153. The molecule has 0 aromatic heterocycles. The molecule has 2 heterocycles.